The van der Waals surface area contributed by atoms with Crippen molar-refractivity contribution in [3.63, 3.8) is 0 Å². The molecule has 0 unspecified atom stereocenters. The number of aliphatic imine (C=N–C) groups is 1. The highest BCUT2D eigenvalue weighted by atomic mass is 79.9. The van der Waals surface area contributed by atoms with Crippen molar-refractivity contribution in [2.45, 2.75) is 37.8 Å². The van der Waals surface area contributed by atoms with E-state index in [-0.39, 0.29) is 12.5 Å². The molecule has 1 heterocycles. The lowest BCUT2D eigenvalue weighted by Gasteiger charge is -2.31. The number of aliphatic hydroxyl groups excluding tert-OH is 1. The van der Waals surface area contributed by atoms with Crippen LogP contribution in [0.2, 0.25) is 0 Å². The number of carbonyl (C=O) groups is 1. The second kappa shape index (κ2) is 13.4. The fraction of sp³-hybridized carbons (Fsp3) is 0.310. The average Bonchev–Trinajstić information content (AvgIpc) is 3.31. The lowest BCUT2D eigenvalue weighted by atomic mass is 9.82. The number of benzene rings is 3. The van der Waals surface area contributed by atoms with Gasteiger partial charge in [-0.3, -0.25) is 10.2 Å². The Morgan fingerprint density at radius 1 is 1.03 bits per heavy atom. The molecule has 3 N–H and O–H groups in total. The van der Waals surface area contributed by atoms with Gasteiger partial charge in [0.25, 0.3) is 5.91 Å². The van der Waals surface area contributed by atoms with Crippen LogP contribution in [0.15, 0.2) is 86.7 Å². The van der Waals surface area contributed by atoms with Gasteiger partial charge < -0.3 is 14.6 Å². The summed E-state index contributed by atoms with van der Waals surface area (Å²) in [7, 11) is 0. The van der Waals surface area contributed by atoms with Gasteiger partial charge in [0, 0.05) is 40.5 Å². The van der Waals surface area contributed by atoms with Crippen LogP contribution >= 0.6 is 31.9 Å². The third kappa shape index (κ3) is 6.83. The van der Waals surface area contributed by atoms with Gasteiger partial charge in [0.05, 0.1) is 6.61 Å². The number of nitrogens with one attached hydrogen (secondary N) is 2. The molecule has 7 nitrogen and oxygen atoms in total. The first kappa shape index (κ1) is 28.3. The van der Waals surface area contributed by atoms with E-state index in [2.05, 4.69) is 42.7 Å². The predicted molar refractivity (Wildman–Crippen MR) is 155 cm³/mol. The smallest absolute Gasteiger partial charge is 0.266 e. The summed E-state index contributed by atoms with van der Waals surface area (Å²) in [6.07, 6.45) is 1.12. The number of hydrogen-bond donors (Lipinski definition) is 3. The van der Waals surface area contributed by atoms with Crippen LogP contribution in [0, 0.1) is 0 Å². The van der Waals surface area contributed by atoms with Crippen molar-refractivity contribution in [2.75, 3.05) is 19.8 Å². The fourth-order valence-electron chi connectivity index (χ4n) is 4.21. The van der Waals surface area contributed by atoms with Crippen molar-refractivity contribution in [1.29, 1.82) is 0 Å². The Balaban J connectivity index is 1.75. The second-order valence-electron chi connectivity index (χ2n) is 9.02. The van der Waals surface area contributed by atoms with Crippen molar-refractivity contribution in [3.8, 4) is 5.75 Å². The number of carbonyl (C=O) groups excluding carboxylic acids is 1. The Morgan fingerprint density at radius 2 is 1.68 bits per heavy atom. The molecule has 200 valence electrons. The van der Waals surface area contributed by atoms with Crippen LogP contribution in [0.4, 0.5) is 0 Å². The van der Waals surface area contributed by atoms with Crippen LogP contribution in [-0.4, -0.2) is 42.2 Å². The average molecular weight is 645 g/mol. The summed E-state index contributed by atoms with van der Waals surface area (Å²) in [6.45, 7) is 3.18. The second-order valence-corrected chi connectivity index (χ2v) is 10.9. The number of hydrogen-bond acceptors (Lipinski definition) is 6. The Hall–Kier alpha value is -2.72. The number of amides is 1. The normalized spacial score (nSPS) is 18.5. The van der Waals surface area contributed by atoms with Gasteiger partial charge in [-0.05, 0) is 66.1 Å². The molecular formula is C29H31Br2N3O4. The summed E-state index contributed by atoms with van der Waals surface area (Å²) in [4.78, 5) is 18.9. The topological polar surface area (TPSA) is 92.2 Å². The monoisotopic (exact) mass is 643 g/mol. The van der Waals surface area contributed by atoms with E-state index >= 15 is 0 Å². The highest BCUT2D eigenvalue weighted by molar-refractivity contribution is 9.10. The molecule has 38 heavy (non-hydrogen) atoms. The van der Waals surface area contributed by atoms with Gasteiger partial charge >= 0.3 is 0 Å². The van der Waals surface area contributed by atoms with Crippen LogP contribution in [0.1, 0.15) is 42.6 Å². The summed E-state index contributed by atoms with van der Waals surface area (Å²) in [5.74, 6) is 0.816. The van der Waals surface area contributed by atoms with Crippen molar-refractivity contribution in [3.05, 3.63) is 98.4 Å². The molecule has 0 saturated heterocycles. The Morgan fingerprint density at radius 3 is 2.32 bits per heavy atom. The zero-order valence-electron chi connectivity index (χ0n) is 21.1. The molecular weight excluding hydrogens is 614 g/mol. The molecule has 0 saturated carbocycles. The van der Waals surface area contributed by atoms with Gasteiger partial charge in [0.1, 0.15) is 5.75 Å². The molecule has 0 spiro atoms. The third-order valence-electron chi connectivity index (χ3n) is 6.17. The summed E-state index contributed by atoms with van der Waals surface area (Å²) in [6, 6.07) is 23.1. The highest BCUT2D eigenvalue weighted by Crippen LogP contribution is 2.42. The zero-order valence-corrected chi connectivity index (χ0v) is 24.3. The summed E-state index contributed by atoms with van der Waals surface area (Å²) in [5, 5.41) is 8.99. The molecule has 1 aliphatic heterocycles. The van der Waals surface area contributed by atoms with E-state index < -0.39 is 11.6 Å². The van der Waals surface area contributed by atoms with Crippen molar-refractivity contribution < 1.29 is 19.4 Å². The van der Waals surface area contributed by atoms with E-state index in [0.29, 0.717) is 37.6 Å². The maximum atomic E-state index is 13.9. The molecule has 1 amide bonds. The molecule has 0 radical (unpaired) electrons. The summed E-state index contributed by atoms with van der Waals surface area (Å²) < 4.78 is 14.1. The number of aliphatic hydroxyl groups is 1. The van der Waals surface area contributed by atoms with Crippen LogP contribution in [0.25, 0.3) is 0 Å². The minimum absolute atomic E-state index is 0.0792. The van der Waals surface area contributed by atoms with Gasteiger partial charge in [0.2, 0.25) is 5.90 Å². The lowest BCUT2D eigenvalue weighted by molar-refractivity contribution is -0.130. The van der Waals surface area contributed by atoms with E-state index in [1.54, 1.807) is 0 Å². The lowest BCUT2D eigenvalue weighted by Crippen LogP contribution is -2.54. The standard InChI is InChI=1S/C29H31Br2N3O4/c1-2-16-32-34-28(36)29(19-20-4-10-23(30)11-5-20)26(21-6-12-24(31)13-7-21)38-27(33-29)22-8-14-25(15-9-22)37-18-3-17-35/h4-15,26,32,35H,2-3,16-19H2,1H3,(H,34,36)/t26-,29-/m0/s1. The third-order valence-corrected chi connectivity index (χ3v) is 7.22. The number of rotatable bonds is 12. The van der Waals surface area contributed by atoms with Gasteiger partial charge in [-0.1, -0.05) is 63.0 Å². The van der Waals surface area contributed by atoms with Gasteiger partial charge in [0.15, 0.2) is 11.6 Å². The van der Waals surface area contributed by atoms with Gasteiger partial charge in [-0.2, -0.15) is 0 Å². The molecule has 0 aromatic heterocycles. The molecule has 0 bridgehead atoms. The first-order chi connectivity index (χ1) is 18.4. The van der Waals surface area contributed by atoms with E-state index in [0.717, 1.165) is 32.1 Å². The molecule has 2 atom stereocenters. The van der Waals surface area contributed by atoms with E-state index in [1.807, 2.05) is 79.7 Å². The molecule has 3 aromatic rings. The van der Waals surface area contributed by atoms with Crippen LogP contribution in [0.5, 0.6) is 5.75 Å². The molecule has 0 aliphatic carbocycles. The predicted octanol–water partition coefficient (Wildman–Crippen LogP) is 5.50. The summed E-state index contributed by atoms with van der Waals surface area (Å²) >= 11 is 7.00. The number of nitrogens with zero attached hydrogens (tertiary/aromatic N) is 1. The Labute approximate surface area is 239 Å². The Kier molecular flexibility index (Phi) is 9.96. The molecule has 9 heteroatoms. The van der Waals surface area contributed by atoms with E-state index in [1.165, 1.54) is 0 Å². The minimum atomic E-state index is -1.26. The molecule has 4 rings (SSSR count). The Bertz CT molecular complexity index is 1230. The highest BCUT2D eigenvalue weighted by Gasteiger charge is 2.53. The quantitative estimate of drug-likeness (QED) is 0.179. The van der Waals surface area contributed by atoms with Crippen molar-refractivity contribution in [1.82, 2.24) is 10.9 Å². The fourth-order valence-corrected chi connectivity index (χ4v) is 4.74. The zero-order chi connectivity index (χ0) is 27.0. The van der Waals surface area contributed by atoms with Crippen LogP contribution in [-0.2, 0) is 16.0 Å². The minimum Gasteiger partial charge on any atom is -0.494 e. The number of ether oxygens (including phenoxy) is 2. The molecule has 1 aliphatic rings. The molecule has 0 fully saturated rings. The number of halogens is 2. The number of hydrazine groups is 1. The van der Waals surface area contributed by atoms with Gasteiger partial charge in [-0.25, -0.2) is 10.4 Å². The molecule has 3 aromatic carbocycles. The maximum Gasteiger partial charge on any atom is 0.266 e. The summed E-state index contributed by atoms with van der Waals surface area (Å²) in [5.41, 5.74) is 7.20. The SMILES string of the molecule is CCCNNC(=O)[C@@]1(Cc2ccc(Br)cc2)N=C(c2ccc(OCCCO)cc2)O[C@H]1c1ccc(Br)cc1. The maximum absolute atomic E-state index is 13.9. The largest absolute Gasteiger partial charge is 0.494 e. The van der Waals surface area contributed by atoms with Crippen LogP contribution < -0.4 is 15.6 Å². The van der Waals surface area contributed by atoms with Crippen molar-refractivity contribution in [2.24, 2.45) is 4.99 Å². The first-order valence-electron chi connectivity index (χ1n) is 12.6. The van der Waals surface area contributed by atoms with E-state index in [9.17, 15) is 4.79 Å². The van der Waals surface area contributed by atoms with Gasteiger partial charge in [-0.15, -0.1) is 0 Å². The van der Waals surface area contributed by atoms with Crippen molar-refractivity contribution >= 4 is 43.7 Å². The van der Waals surface area contributed by atoms with Crippen LogP contribution in [0.3, 0.4) is 0 Å². The van der Waals surface area contributed by atoms with E-state index in [4.69, 9.17) is 19.6 Å². The first-order valence-corrected chi connectivity index (χ1v) is 14.2.